The minimum atomic E-state index is -0.00264. The van der Waals surface area contributed by atoms with Crippen molar-refractivity contribution in [2.24, 2.45) is 0 Å². The second-order valence-corrected chi connectivity index (χ2v) is 29.5. The van der Waals surface area contributed by atoms with E-state index >= 15 is 0 Å². The van der Waals surface area contributed by atoms with Crippen LogP contribution in [-0.4, -0.2) is 145 Å². The summed E-state index contributed by atoms with van der Waals surface area (Å²) in [4.78, 5) is 79.5. The molecule has 566 valence electrons. The molecule has 11 aromatic heterocycles. The first-order chi connectivity index (χ1) is 54.7. The maximum absolute atomic E-state index is 5.69. The van der Waals surface area contributed by atoms with Gasteiger partial charge < -0.3 is 58.8 Å². The van der Waals surface area contributed by atoms with Crippen molar-refractivity contribution in [3.05, 3.63) is 222 Å². The van der Waals surface area contributed by atoms with Crippen molar-refractivity contribution in [3.63, 3.8) is 0 Å². The van der Waals surface area contributed by atoms with Crippen molar-refractivity contribution >= 4 is 50.6 Å². The van der Waals surface area contributed by atoms with Crippen LogP contribution in [0.25, 0.3) is 101 Å². The Morgan fingerprint density at radius 1 is 0.464 bits per heavy atom. The zero-order valence-electron chi connectivity index (χ0n) is 64.8. The van der Waals surface area contributed by atoms with Crippen LogP contribution in [0.3, 0.4) is 0 Å². The number of pyridine rings is 2. The zero-order chi connectivity index (χ0) is 77.0. The first kappa shape index (κ1) is 73.2. The Morgan fingerprint density at radius 2 is 0.964 bits per heavy atom. The molecule has 23 nitrogen and oxygen atoms in total. The zero-order valence-corrected chi connectivity index (χ0v) is 64.8. The Labute approximate surface area is 651 Å². The fraction of sp³-hybridized carbons (Fsp3) is 0.292. The lowest BCUT2D eigenvalue weighted by Gasteiger charge is -2.38. The van der Waals surface area contributed by atoms with E-state index in [2.05, 4.69) is 200 Å². The highest BCUT2D eigenvalue weighted by Gasteiger charge is 2.37. The van der Waals surface area contributed by atoms with Gasteiger partial charge in [0, 0.05) is 148 Å². The number of piperidine rings is 3. The van der Waals surface area contributed by atoms with Crippen LogP contribution in [0.5, 0.6) is 17.4 Å². The Balaban J connectivity index is 0.000000127. The Bertz CT molecular complexity index is 5860. The molecule has 18 rings (SSSR count). The van der Waals surface area contributed by atoms with Gasteiger partial charge in [0.25, 0.3) is 0 Å². The molecule has 3 fully saturated rings. The molecule has 4 aromatic carbocycles. The summed E-state index contributed by atoms with van der Waals surface area (Å²) in [5.41, 5.74) is 21.5. The molecule has 0 spiro atoms. The second kappa shape index (κ2) is 31.9. The number of aryl methyl sites for hydroxylation is 5. The van der Waals surface area contributed by atoms with Crippen molar-refractivity contribution in [2.45, 2.75) is 111 Å². The van der Waals surface area contributed by atoms with Gasteiger partial charge in [-0.1, -0.05) is 74.4 Å². The van der Waals surface area contributed by atoms with Gasteiger partial charge in [-0.15, -0.1) is 6.42 Å². The van der Waals surface area contributed by atoms with Crippen molar-refractivity contribution < 1.29 is 14.2 Å². The molecule has 0 aliphatic carbocycles. The molecule has 0 saturated carbocycles. The molecule has 3 saturated heterocycles. The van der Waals surface area contributed by atoms with E-state index in [1.165, 1.54) is 0 Å². The topological polar surface area (TPSA) is 274 Å². The second-order valence-electron chi connectivity index (χ2n) is 29.5. The highest BCUT2D eigenvalue weighted by molar-refractivity contribution is 5.94. The lowest BCUT2D eigenvalue weighted by Crippen LogP contribution is -2.42. The van der Waals surface area contributed by atoms with Gasteiger partial charge in [-0.25, -0.2) is 49.8 Å². The van der Waals surface area contributed by atoms with E-state index in [1.807, 2.05) is 79.9 Å². The fourth-order valence-electron chi connectivity index (χ4n) is 15.9. The van der Waals surface area contributed by atoms with Crippen LogP contribution in [0, 0.1) is 40.0 Å². The molecule has 0 atom stereocenters. The lowest BCUT2D eigenvalue weighted by molar-refractivity contribution is 0.340. The number of H-pyrrole nitrogens is 6. The monoisotopic (exact) mass is 1490 g/mol. The average molecular weight is 1490 g/mol. The summed E-state index contributed by atoms with van der Waals surface area (Å²) < 4.78 is 16.4. The van der Waals surface area contributed by atoms with Crippen LogP contribution in [0.15, 0.2) is 171 Å². The van der Waals surface area contributed by atoms with E-state index in [0.29, 0.717) is 24.3 Å². The van der Waals surface area contributed by atoms with Gasteiger partial charge in [0.05, 0.1) is 54.1 Å². The van der Waals surface area contributed by atoms with Crippen LogP contribution in [-0.2, 0) is 11.8 Å². The number of fused-ring (bicyclic) bond motifs is 3. The number of methoxy groups -OCH3 is 2. The largest absolute Gasteiger partial charge is 0.496 e. The molecule has 0 amide bonds. The quantitative estimate of drug-likeness (QED) is 0.0462. The first-order valence-electron chi connectivity index (χ1n) is 38.6. The van der Waals surface area contributed by atoms with E-state index in [-0.39, 0.29) is 5.41 Å². The molecule has 0 unspecified atom stereocenters. The Kier molecular flexibility index (Phi) is 20.9. The van der Waals surface area contributed by atoms with Crippen LogP contribution in [0.1, 0.15) is 123 Å². The molecule has 6 N–H and O–H groups in total. The summed E-state index contributed by atoms with van der Waals surface area (Å²) in [5, 5.41) is 3.11. The fourth-order valence-corrected chi connectivity index (χ4v) is 15.9. The number of aromatic amines is 6. The van der Waals surface area contributed by atoms with Crippen molar-refractivity contribution in [2.75, 3.05) is 74.8 Å². The molecule has 14 heterocycles. The van der Waals surface area contributed by atoms with Gasteiger partial charge in [0.2, 0.25) is 5.88 Å². The van der Waals surface area contributed by atoms with Gasteiger partial charge in [0.1, 0.15) is 82.3 Å². The minimum absolute atomic E-state index is 0.00264. The van der Waals surface area contributed by atoms with Crippen LogP contribution in [0.2, 0.25) is 0 Å². The van der Waals surface area contributed by atoms with Gasteiger partial charge in [0.15, 0.2) is 0 Å². The van der Waals surface area contributed by atoms with E-state index in [0.717, 1.165) is 265 Å². The van der Waals surface area contributed by atoms with E-state index in [4.69, 9.17) is 40.6 Å². The van der Waals surface area contributed by atoms with Gasteiger partial charge >= 0.3 is 0 Å². The summed E-state index contributed by atoms with van der Waals surface area (Å²) in [5.74, 6) is 11.9. The average Bonchev–Trinajstić information content (AvgIpc) is 1.65. The molecule has 0 radical (unpaired) electrons. The number of hydrogen-bond acceptors (Lipinski definition) is 17. The van der Waals surface area contributed by atoms with Crippen molar-refractivity contribution in [1.29, 1.82) is 0 Å². The van der Waals surface area contributed by atoms with E-state index in [9.17, 15) is 0 Å². The summed E-state index contributed by atoms with van der Waals surface area (Å²) >= 11 is 0. The highest BCUT2D eigenvalue weighted by Crippen LogP contribution is 2.42. The Morgan fingerprint density at radius 3 is 1.49 bits per heavy atom. The van der Waals surface area contributed by atoms with Gasteiger partial charge in [-0.3, -0.25) is 4.98 Å². The number of hydrogen-bond donors (Lipinski definition) is 6. The number of imidazole rings is 3. The molecular weight excluding hydrogens is 1400 g/mol. The predicted molar refractivity (Wildman–Crippen MR) is 443 cm³/mol. The molecular formula is C89H92N20O3. The number of nitrogens with one attached hydrogen (secondary N) is 6. The maximum Gasteiger partial charge on any atom is 0.213 e. The summed E-state index contributed by atoms with van der Waals surface area (Å²) in [6.45, 7) is 20.9. The van der Waals surface area contributed by atoms with Gasteiger partial charge in [-0.05, 0) is 170 Å². The number of rotatable bonds is 17. The number of nitrogens with zero attached hydrogens (tertiary/aromatic N) is 14. The van der Waals surface area contributed by atoms with Crippen LogP contribution < -0.4 is 28.9 Å². The number of anilines is 3. The van der Waals surface area contributed by atoms with Crippen molar-refractivity contribution in [3.8, 4) is 97.3 Å². The lowest BCUT2D eigenvalue weighted by atomic mass is 9.79. The standard InChI is InChI=1S/C31H30N6O.C29H31N7O2.C29H31N7/c1-5-21-6-8-22(9-7-21)26-17-25-30(35-26)32-18-33-31(25)37-14-12-23(13-15-37)29-34-20(3)28(36-29)24-10-11-27(38-4)19(2)16-24;1-4-38-22-7-5-6-21(14-22)26-18(2)33-27(35-26)19-9-12-36(13-10-19)29-23-16-24(34-28(23)31-17-32-29)20-8-11-30-25(15-20)37-3;1-4-22-16-21(10-13-30-22)24-17-23-26(34-24)31-18-32-27(23)36-14-11-29(3,12-15-36)28-33-19(2)25(35-28)20-8-6-5-7-9-20/h1,6-11,16-18,23H,12-15H2,2-4H3,(H,34,36)(H,32,33,35);5-8,11,14-17,19H,4,9-10,12-13H2,1-3H3,(H,33,35)(H,31,32,34);5-10,13,16-18H,4,11-12,14-15H2,1-3H3,(H,33,35)(H,31,32,34). The summed E-state index contributed by atoms with van der Waals surface area (Å²) in [7, 11) is 3.32. The molecule has 0 bridgehead atoms. The number of benzene rings is 4. The van der Waals surface area contributed by atoms with Crippen LogP contribution >= 0.6 is 0 Å². The minimum Gasteiger partial charge on any atom is -0.496 e. The highest BCUT2D eigenvalue weighted by atomic mass is 16.5. The third kappa shape index (κ3) is 15.1. The molecule has 15 aromatic rings. The normalized spacial score (nSPS) is 14.6. The molecule has 3 aliphatic rings. The third-order valence-corrected chi connectivity index (χ3v) is 22.2. The van der Waals surface area contributed by atoms with Gasteiger partial charge in [-0.2, -0.15) is 0 Å². The van der Waals surface area contributed by atoms with Crippen molar-refractivity contribution in [1.82, 2.24) is 84.7 Å². The predicted octanol–water partition coefficient (Wildman–Crippen LogP) is 17.4. The number of aromatic nitrogens is 17. The summed E-state index contributed by atoms with van der Waals surface area (Å²) in [6.07, 6.45) is 21.0. The maximum atomic E-state index is 5.69. The van der Waals surface area contributed by atoms with E-state index < -0.39 is 0 Å². The van der Waals surface area contributed by atoms with E-state index in [1.54, 1.807) is 39.4 Å². The first-order valence-corrected chi connectivity index (χ1v) is 38.6. The SMILES string of the molecule is C#Cc1ccc(-c2cc3c(N4CCC(c5nc(-c6ccc(OC)c(C)c6)c(C)[nH]5)CC4)ncnc3[nH]2)cc1.CCOc1cccc(-c2nc(C3CCN(c4ncnc5[nH]c(-c6ccnc(OC)c6)cc45)CC3)[nH]c2C)c1.CCc1cc(-c2cc3c(N4CCC(C)(c5nc(-c6ccccc6)c(C)[nH]5)CC4)ncnc3[nH]2)ccn1. The molecule has 23 heteroatoms. The molecule has 112 heavy (non-hydrogen) atoms. The number of ether oxygens (including phenoxy) is 3. The smallest absolute Gasteiger partial charge is 0.213 e. The van der Waals surface area contributed by atoms with Crippen LogP contribution in [0.4, 0.5) is 17.5 Å². The molecule has 3 aliphatic heterocycles. The number of terminal acetylenes is 1. The summed E-state index contributed by atoms with van der Waals surface area (Å²) in [6, 6.07) is 47.3. The Hall–Kier alpha value is -13.0. The third-order valence-electron chi connectivity index (χ3n) is 22.2.